The number of fused-ring (bicyclic) bond motifs is 1. The number of aromatic nitrogens is 2. The van der Waals surface area contributed by atoms with Crippen molar-refractivity contribution in [2.75, 3.05) is 11.9 Å². The number of hydrogen-bond donors (Lipinski definition) is 1. The lowest BCUT2D eigenvalue weighted by molar-refractivity contribution is 0.660. The Labute approximate surface area is 101 Å². The third-order valence-electron chi connectivity index (χ3n) is 3.36. The Kier molecular flexibility index (Phi) is 2.59. The van der Waals surface area contributed by atoms with Crippen LogP contribution in [0.25, 0.3) is 11.1 Å². The normalized spacial score (nSPS) is 14.2. The average Bonchev–Trinajstić information content (AvgIpc) is 2.87. The molecule has 0 bridgehead atoms. The van der Waals surface area contributed by atoms with Crippen LogP contribution in [-0.2, 0) is 13.0 Å². The van der Waals surface area contributed by atoms with Gasteiger partial charge in [0.15, 0.2) is 0 Å². The van der Waals surface area contributed by atoms with Gasteiger partial charge in [-0.15, -0.1) is 0 Å². The largest absolute Gasteiger partial charge is 0.385 e. The minimum absolute atomic E-state index is 0.924. The fourth-order valence-electron chi connectivity index (χ4n) is 2.46. The lowest BCUT2D eigenvalue weighted by atomic mass is 9.95. The predicted octanol–water partition coefficient (Wildman–Crippen LogP) is 2.93. The smallest absolute Gasteiger partial charge is 0.0568 e. The Morgan fingerprint density at radius 3 is 3.18 bits per heavy atom. The quantitative estimate of drug-likeness (QED) is 0.855. The van der Waals surface area contributed by atoms with E-state index in [4.69, 9.17) is 0 Å². The van der Waals surface area contributed by atoms with Crippen LogP contribution in [0.15, 0.2) is 30.6 Å². The van der Waals surface area contributed by atoms with E-state index in [1.165, 1.54) is 28.8 Å². The van der Waals surface area contributed by atoms with Crippen molar-refractivity contribution in [2.45, 2.75) is 26.3 Å². The van der Waals surface area contributed by atoms with E-state index in [1.807, 2.05) is 10.9 Å². The molecule has 0 atom stereocenters. The molecule has 3 nitrogen and oxygen atoms in total. The highest BCUT2D eigenvalue weighted by Gasteiger charge is 2.14. The Hall–Kier alpha value is -1.77. The molecule has 0 unspecified atom stereocenters. The Morgan fingerprint density at radius 2 is 2.35 bits per heavy atom. The molecule has 1 N–H and O–H groups in total. The Bertz CT molecular complexity index is 528. The molecule has 0 radical (unpaired) electrons. The summed E-state index contributed by atoms with van der Waals surface area (Å²) in [6, 6.07) is 6.49. The van der Waals surface area contributed by atoms with Crippen LogP contribution in [0.5, 0.6) is 0 Å². The molecule has 0 saturated heterocycles. The molecule has 1 aliphatic heterocycles. The fraction of sp³-hybridized carbons (Fsp3) is 0.357. The van der Waals surface area contributed by atoms with Gasteiger partial charge in [-0.25, -0.2) is 0 Å². The number of rotatable bonds is 2. The first kappa shape index (κ1) is 10.4. The van der Waals surface area contributed by atoms with Gasteiger partial charge in [-0.1, -0.05) is 12.1 Å². The van der Waals surface area contributed by atoms with Gasteiger partial charge < -0.3 is 5.32 Å². The summed E-state index contributed by atoms with van der Waals surface area (Å²) in [4.78, 5) is 0. The first-order chi connectivity index (χ1) is 8.38. The maximum Gasteiger partial charge on any atom is 0.0568 e. The van der Waals surface area contributed by atoms with Gasteiger partial charge in [-0.2, -0.15) is 5.10 Å². The van der Waals surface area contributed by atoms with E-state index in [0.29, 0.717) is 0 Å². The minimum atomic E-state index is 0.924. The van der Waals surface area contributed by atoms with Crippen molar-refractivity contribution in [2.24, 2.45) is 0 Å². The molecule has 0 amide bonds. The predicted molar refractivity (Wildman–Crippen MR) is 70.1 cm³/mol. The lowest BCUT2D eigenvalue weighted by Gasteiger charge is -2.20. The molecule has 1 aromatic heterocycles. The third kappa shape index (κ3) is 1.82. The summed E-state index contributed by atoms with van der Waals surface area (Å²) in [5.41, 5.74) is 5.29. The minimum Gasteiger partial charge on any atom is -0.385 e. The van der Waals surface area contributed by atoms with Gasteiger partial charge in [0.05, 0.1) is 6.20 Å². The fourth-order valence-corrected chi connectivity index (χ4v) is 2.46. The maximum absolute atomic E-state index is 4.36. The first-order valence-corrected chi connectivity index (χ1v) is 6.27. The zero-order chi connectivity index (χ0) is 11.7. The SMILES string of the molecule is CCn1cc(-c2cccc3c2CCCN3)cn1. The molecule has 3 heteroatoms. The number of benzene rings is 1. The van der Waals surface area contributed by atoms with Gasteiger partial charge in [0, 0.05) is 30.5 Å². The summed E-state index contributed by atoms with van der Waals surface area (Å²) in [6.07, 6.45) is 6.47. The van der Waals surface area contributed by atoms with E-state index in [1.54, 1.807) is 0 Å². The zero-order valence-electron chi connectivity index (χ0n) is 10.1. The highest BCUT2D eigenvalue weighted by molar-refractivity contribution is 5.74. The topological polar surface area (TPSA) is 29.9 Å². The van der Waals surface area contributed by atoms with Crippen LogP contribution in [-0.4, -0.2) is 16.3 Å². The zero-order valence-corrected chi connectivity index (χ0v) is 10.1. The van der Waals surface area contributed by atoms with E-state index >= 15 is 0 Å². The van der Waals surface area contributed by atoms with Crippen LogP contribution in [0.4, 0.5) is 5.69 Å². The molecular formula is C14H17N3. The van der Waals surface area contributed by atoms with Gasteiger partial charge in [-0.3, -0.25) is 4.68 Å². The van der Waals surface area contributed by atoms with Gasteiger partial charge >= 0.3 is 0 Å². The first-order valence-electron chi connectivity index (χ1n) is 6.27. The second-order valence-electron chi connectivity index (χ2n) is 4.45. The molecule has 0 saturated carbocycles. The van der Waals surface area contributed by atoms with Crippen LogP contribution < -0.4 is 5.32 Å². The lowest BCUT2D eigenvalue weighted by Crippen LogP contribution is -2.12. The molecule has 0 aliphatic carbocycles. The van der Waals surface area contributed by atoms with Crippen LogP contribution in [0, 0.1) is 0 Å². The van der Waals surface area contributed by atoms with Crippen molar-refractivity contribution >= 4 is 5.69 Å². The van der Waals surface area contributed by atoms with Gasteiger partial charge in [-0.05, 0) is 37.0 Å². The highest BCUT2D eigenvalue weighted by Crippen LogP contribution is 2.32. The van der Waals surface area contributed by atoms with Crippen molar-refractivity contribution in [3.05, 3.63) is 36.2 Å². The van der Waals surface area contributed by atoms with E-state index in [9.17, 15) is 0 Å². The van der Waals surface area contributed by atoms with Crippen molar-refractivity contribution in [1.29, 1.82) is 0 Å². The van der Waals surface area contributed by atoms with E-state index < -0.39 is 0 Å². The van der Waals surface area contributed by atoms with Crippen molar-refractivity contribution < 1.29 is 0 Å². The van der Waals surface area contributed by atoms with Crippen LogP contribution >= 0.6 is 0 Å². The van der Waals surface area contributed by atoms with Gasteiger partial charge in [0.2, 0.25) is 0 Å². The number of aryl methyl sites for hydroxylation is 1. The van der Waals surface area contributed by atoms with E-state index in [0.717, 1.165) is 19.5 Å². The summed E-state index contributed by atoms with van der Waals surface area (Å²) in [5.74, 6) is 0. The summed E-state index contributed by atoms with van der Waals surface area (Å²) in [6.45, 7) is 4.12. The second-order valence-corrected chi connectivity index (χ2v) is 4.45. The number of hydrogen-bond acceptors (Lipinski definition) is 2. The van der Waals surface area contributed by atoms with E-state index in [-0.39, 0.29) is 0 Å². The van der Waals surface area contributed by atoms with Crippen LogP contribution in [0.3, 0.4) is 0 Å². The van der Waals surface area contributed by atoms with Crippen molar-refractivity contribution in [1.82, 2.24) is 9.78 Å². The standard InChI is InChI=1S/C14H17N3/c1-2-17-10-11(9-16-17)12-5-3-7-14-13(12)6-4-8-15-14/h3,5,7,9-10,15H,2,4,6,8H2,1H3. The summed E-state index contributed by atoms with van der Waals surface area (Å²) >= 11 is 0. The monoisotopic (exact) mass is 227 g/mol. The molecule has 1 aliphatic rings. The molecule has 1 aromatic carbocycles. The third-order valence-corrected chi connectivity index (χ3v) is 3.36. The molecule has 2 aromatic rings. The number of nitrogens with zero attached hydrogens (tertiary/aromatic N) is 2. The molecule has 88 valence electrons. The van der Waals surface area contributed by atoms with Gasteiger partial charge in [0.25, 0.3) is 0 Å². The van der Waals surface area contributed by atoms with Crippen LogP contribution in [0.2, 0.25) is 0 Å². The number of nitrogens with one attached hydrogen (secondary N) is 1. The maximum atomic E-state index is 4.36. The molecule has 17 heavy (non-hydrogen) atoms. The Morgan fingerprint density at radius 1 is 1.41 bits per heavy atom. The summed E-state index contributed by atoms with van der Waals surface area (Å²) in [5, 5.41) is 7.82. The Balaban J connectivity index is 2.07. The summed E-state index contributed by atoms with van der Waals surface area (Å²) in [7, 11) is 0. The summed E-state index contributed by atoms with van der Waals surface area (Å²) < 4.78 is 1.98. The van der Waals surface area contributed by atoms with Crippen molar-refractivity contribution in [3.8, 4) is 11.1 Å². The molecule has 3 rings (SSSR count). The van der Waals surface area contributed by atoms with E-state index in [2.05, 4.69) is 41.7 Å². The molecule has 0 fully saturated rings. The highest BCUT2D eigenvalue weighted by atomic mass is 15.3. The van der Waals surface area contributed by atoms with Crippen LogP contribution in [0.1, 0.15) is 18.9 Å². The second kappa shape index (κ2) is 4.24. The molecule has 0 spiro atoms. The number of anilines is 1. The molecule has 2 heterocycles. The van der Waals surface area contributed by atoms with Crippen molar-refractivity contribution in [3.63, 3.8) is 0 Å². The molecular weight excluding hydrogens is 210 g/mol. The average molecular weight is 227 g/mol. The van der Waals surface area contributed by atoms with Gasteiger partial charge in [0.1, 0.15) is 0 Å².